The van der Waals surface area contributed by atoms with Gasteiger partial charge in [-0.25, -0.2) is 18.7 Å². The van der Waals surface area contributed by atoms with Crippen LogP contribution in [0.5, 0.6) is 0 Å². The van der Waals surface area contributed by atoms with E-state index in [0.29, 0.717) is 11.6 Å². The van der Waals surface area contributed by atoms with Crippen LogP contribution in [0.15, 0.2) is 30.5 Å². The van der Waals surface area contributed by atoms with Gasteiger partial charge in [-0.1, -0.05) is 0 Å². The fourth-order valence-electron chi connectivity index (χ4n) is 3.34. The first-order valence-corrected chi connectivity index (χ1v) is 8.79. The van der Waals surface area contributed by atoms with Gasteiger partial charge in [-0.2, -0.15) is 5.26 Å². The lowest BCUT2D eigenvalue weighted by Crippen LogP contribution is -2.38. The molecule has 0 unspecified atom stereocenters. The Morgan fingerprint density at radius 1 is 1.15 bits per heavy atom. The van der Waals surface area contributed by atoms with Gasteiger partial charge in [-0.15, -0.1) is 0 Å². The zero-order valence-electron chi connectivity index (χ0n) is 14.3. The lowest BCUT2D eigenvalue weighted by atomic mass is 9.65. The summed E-state index contributed by atoms with van der Waals surface area (Å²) in [6.45, 7) is 1.88. The Balaban J connectivity index is 1.69. The lowest BCUT2D eigenvalue weighted by Gasteiger charge is -2.38. The normalized spacial score (nSPS) is 18.0. The quantitative estimate of drug-likeness (QED) is 0.866. The van der Waals surface area contributed by atoms with E-state index in [0.717, 1.165) is 50.2 Å². The van der Waals surface area contributed by atoms with Crippen molar-refractivity contribution in [1.29, 1.82) is 5.26 Å². The SMILES string of the molecule is N#CC1(c2cc(Nc3cc(C(F)F)ccn3)nc(N3CCC3)c2)CCC1. The van der Waals surface area contributed by atoms with Gasteiger partial charge in [0, 0.05) is 24.8 Å². The molecule has 1 saturated heterocycles. The third-order valence-corrected chi connectivity index (χ3v) is 5.26. The zero-order valence-corrected chi connectivity index (χ0v) is 14.3. The molecule has 0 amide bonds. The van der Waals surface area contributed by atoms with Crippen molar-refractivity contribution < 1.29 is 8.78 Å². The van der Waals surface area contributed by atoms with Gasteiger partial charge in [0.25, 0.3) is 6.43 Å². The lowest BCUT2D eigenvalue weighted by molar-refractivity contribution is 0.151. The van der Waals surface area contributed by atoms with E-state index in [4.69, 9.17) is 0 Å². The van der Waals surface area contributed by atoms with Gasteiger partial charge in [-0.3, -0.25) is 0 Å². The van der Waals surface area contributed by atoms with Crippen molar-refractivity contribution in [1.82, 2.24) is 9.97 Å². The predicted molar refractivity (Wildman–Crippen MR) is 94.7 cm³/mol. The number of aromatic nitrogens is 2. The number of rotatable bonds is 5. The van der Waals surface area contributed by atoms with E-state index in [1.807, 2.05) is 12.1 Å². The number of hydrogen-bond acceptors (Lipinski definition) is 5. The Kier molecular flexibility index (Phi) is 4.19. The average molecular weight is 355 g/mol. The van der Waals surface area contributed by atoms with Crippen LogP contribution in [-0.4, -0.2) is 23.1 Å². The molecule has 2 aromatic heterocycles. The molecule has 0 radical (unpaired) electrons. The van der Waals surface area contributed by atoms with Crippen LogP contribution in [0.3, 0.4) is 0 Å². The van der Waals surface area contributed by atoms with Gasteiger partial charge in [0.1, 0.15) is 17.5 Å². The molecule has 0 spiro atoms. The topological polar surface area (TPSA) is 64.8 Å². The smallest absolute Gasteiger partial charge is 0.264 e. The highest BCUT2D eigenvalue weighted by atomic mass is 19.3. The molecular formula is C19H19F2N5. The first-order chi connectivity index (χ1) is 12.6. The van der Waals surface area contributed by atoms with Gasteiger partial charge in [-0.05, 0) is 55.5 Å². The van der Waals surface area contributed by atoms with E-state index in [2.05, 4.69) is 26.3 Å². The van der Waals surface area contributed by atoms with Crippen LogP contribution in [0.4, 0.5) is 26.2 Å². The van der Waals surface area contributed by atoms with E-state index in [1.54, 1.807) is 0 Å². The number of pyridine rings is 2. The molecule has 7 heteroatoms. The van der Waals surface area contributed by atoms with Crippen LogP contribution in [-0.2, 0) is 5.41 Å². The Hall–Kier alpha value is -2.75. The molecule has 0 atom stereocenters. The van der Waals surface area contributed by atoms with Crippen molar-refractivity contribution in [2.75, 3.05) is 23.3 Å². The third-order valence-electron chi connectivity index (χ3n) is 5.26. The predicted octanol–water partition coefficient (Wildman–Crippen LogP) is 4.31. The minimum atomic E-state index is -2.55. The fraction of sp³-hybridized carbons (Fsp3) is 0.421. The standard InChI is InChI=1S/C19H19F2N5/c20-18(21)13-3-6-23-15(9-13)24-16-10-14(19(12-22)4-1-5-19)11-17(25-16)26-7-2-8-26/h3,6,9-11,18H,1-2,4-5,7-8H2,(H,23,24,25). The molecule has 1 aliphatic heterocycles. The molecule has 5 nitrogen and oxygen atoms in total. The van der Waals surface area contributed by atoms with Gasteiger partial charge in [0.05, 0.1) is 11.5 Å². The molecule has 1 saturated carbocycles. The largest absolute Gasteiger partial charge is 0.356 e. The summed E-state index contributed by atoms with van der Waals surface area (Å²) in [5.74, 6) is 1.68. The van der Waals surface area contributed by atoms with Gasteiger partial charge < -0.3 is 10.2 Å². The van der Waals surface area contributed by atoms with Crippen molar-refractivity contribution >= 4 is 17.5 Å². The summed E-state index contributed by atoms with van der Waals surface area (Å²) in [7, 11) is 0. The van der Waals surface area contributed by atoms with E-state index in [1.165, 1.54) is 18.3 Å². The number of halogens is 2. The molecule has 1 N–H and O–H groups in total. The van der Waals surface area contributed by atoms with Crippen molar-refractivity contribution in [3.63, 3.8) is 0 Å². The van der Waals surface area contributed by atoms with Crippen molar-refractivity contribution in [3.05, 3.63) is 41.6 Å². The monoisotopic (exact) mass is 355 g/mol. The second-order valence-corrected chi connectivity index (χ2v) is 6.89. The van der Waals surface area contributed by atoms with Gasteiger partial charge >= 0.3 is 0 Å². The Labute approximate surface area is 150 Å². The maximum atomic E-state index is 12.9. The van der Waals surface area contributed by atoms with Crippen LogP contribution in [0.1, 0.15) is 43.2 Å². The number of nitrogens with one attached hydrogen (secondary N) is 1. The average Bonchev–Trinajstić information content (AvgIpc) is 2.53. The molecule has 2 fully saturated rings. The number of alkyl halides is 2. The molecule has 1 aliphatic carbocycles. The molecule has 3 heterocycles. The summed E-state index contributed by atoms with van der Waals surface area (Å²) < 4.78 is 25.8. The summed E-state index contributed by atoms with van der Waals surface area (Å²) in [6.07, 6.45) is 2.64. The second kappa shape index (κ2) is 6.52. The van der Waals surface area contributed by atoms with Crippen LogP contribution < -0.4 is 10.2 Å². The molecule has 0 bridgehead atoms. The highest BCUT2D eigenvalue weighted by Crippen LogP contribution is 2.44. The van der Waals surface area contributed by atoms with Crippen molar-refractivity contribution in [2.45, 2.75) is 37.5 Å². The molecule has 2 aliphatic rings. The number of nitrogens with zero attached hydrogens (tertiary/aromatic N) is 4. The van der Waals surface area contributed by atoms with Crippen LogP contribution in [0, 0.1) is 11.3 Å². The summed E-state index contributed by atoms with van der Waals surface area (Å²) in [4.78, 5) is 10.9. The van der Waals surface area contributed by atoms with Crippen LogP contribution >= 0.6 is 0 Å². The summed E-state index contributed by atoms with van der Waals surface area (Å²) in [5, 5.41) is 12.7. The molecule has 0 aromatic carbocycles. The first-order valence-electron chi connectivity index (χ1n) is 8.79. The van der Waals surface area contributed by atoms with Gasteiger partial charge in [0.2, 0.25) is 0 Å². The number of anilines is 3. The van der Waals surface area contributed by atoms with E-state index in [9.17, 15) is 14.0 Å². The summed E-state index contributed by atoms with van der Waals surface area (Å²) in [6, 6.07) is 8.93. The maximum absolute atomic E-state index is 12.9. The minimum absolute atomic E-state index is 0.0888. The Morgan fingerprint density at radius 3 is 2.54 bits per heavy atom. The van der Waals surface area contributed by atoms with Crippen molar-refractivity contribution in [2.24, 2.45) is 0 Å². The third kappa shape index (κ3) is 2.96. The second-order valence-electron chi connectivity index (χ2n) is 6.89. The fourth-order valence-corrected chi connectivity index (χ4v) is 3.34. The Morgan fingerprint density at radius 2 is 1.96 bits per heavy atom. The summed E-state index contributed by atoms with van der Waals surface area (Å²) in [5.41, 5.74) is 0.391. The maximum Gasteiger partial charge on any atom is 0.264 e. The Bertz CT molecular complexity index is 853. The molecule has 134 valence electrons. The highest BCUT2D eigenvalue weighted by Gasteiger charge is 2.40. The first kappa shape index (κ1) is 16.7. The number of hydrogen-bond donors (Lipinski definition) is 1. The molecular weight excluding hydrogens is 336 g/mol. The minimum Gasteiger partial charge on any atom is -0.356 e. The zero-order chi connectivity index (χ0) is 18.1. The molecule has 4 rings (SSSR count). The van der Waals surface area contributed by atoms with E-state index in [-0.39, 0.29) is 5.56 Å². The van der Waals surface area contributed by atoms with Crippen LogP contribution in [0.2, 0.25) is 0 Å². The highest BCUT2D eigenvalue weighted by molar-refractivity contribution is 5.60. The van der Waals surface area contributed by atoms with E-state index < -0.39 is 11.8 Å². The molecule has 26 heavy (non-hydrogen) atoms. The van der Waals surface area contributed by atoms with Gasteiger partial charge in [0.15, 0.2) is 0 Å². The van der Waals surface area contributed by atoms with Crippen molar-refractivity contribution in [3.8, 4) is 6.07 Å². The molecule has 2 aromatic rings. The van der Waals surface area contributed by atoms with Crippen LogP contribution in [0.25, 0.3) is 0 Å². The van der Waals surface area contributed by atoms with E-state index >= 15 is 0 Å². The number of nitriles is 1. The summed E-state index contributed by atoms with van der Waals surface area (Å²) >= 11 is 0.